The Morgan fingerprint density at radius 1 is 1.07 bits per heavy atom. The van der Waals surface area contributed by atoms with Gasteiger partial charge in [0.2, 0.25) is 0 Å². The van der Waals surface area contributed by atoms with Gasteiger partial charge in [-0.1, -0.05) is 6.07 Å². The highest BCUT2D eigenvalue weighted by Crippen LogP contribution is 2.37. The van der Waals surface area contributed by atoms with Gasteiger partial charge in [0, 0.05) is 41.0 Å². The van der Waals surface area contributed by atoms with Crippen molar-refractivity contribution in [1.82, 2.24) is 4.90 Å². The Morgan fingerprint density at radius 2 is 1.78 bits per heavy atom. The van der Waals surface area contributed by atoms with Crippen molar-refractivity contribution in [1.29, 1.82) is 0 Å². The molecule has 1 saturated heterocycles. The Balaban J connectivity index is 1.87. The smallest absolute Gasteiger partial charge is 0.369 e. The average Bonchev–Trinajstić information content (AvgIpc) is 2.62. The molecule has 2 aromatic carbocycles. The number of hydrogen-bond acceptors (Lipinski definition) is 3. The SMILES string of the molecule is CN1CCN(c2ccc(NC(=O)c3cccc(I)c3)c(C(F)(F)F)c2)CC1. The van der Waals surface area contributed by atoms with E-state index >= 15 is 0 Å². The summed E-state index contributed by atoms with van der Waals surface area (Å²) in [6.45, 7) is 2.93. The minimum atomic E-state index is -4.56. The summed E-state index contributed by atoms with van der Waals surface area (Å²) in [5.41, 5.74) is -0.233. The molecule has 1 N–H and O–H groups in total. The summed E-state index contributed by atoms with van der Waals surface area (Å²) in [4.78, 5) is 16.4. The van der Waals surface area contributed by atoms with Gasteiger partial charge in [0.15, 0.2) is 0 Å². The molecule has 0 radical (unpaired) electrons. The van der Waals surface area contributed by atoms with Gasteiger partial charge in [-0.2, -0.15) is 13.2 Å². The molecule has 1 fully saturated rings. The second-order valence-corrected chi connectivity index (χ2v) is 7.73. The summed E-state index contributed by atoms with van der Waals surface area (Å²) in [5.74, 6) is -0.564. The summed E-state index contributed by atoms with van der Waals surface area (Å²) in [7, 11) is 1.99. The first-order valence-corrected chi connectivity index (χ1v) is 9.53. The highest BCUT2D eigenvalue weighted by molar-refractivity contribution is 14.1. The van der Waals surface area contributed by atoms with Crippen LogP contribution in [0.1, 0.15) is 15.9 Å². The second kappa shape index (κ2) is 8.05. The topological polar surface area (TPSA) is 35.6 Å². The van der Waals surface area contributed by atoms with Gasteiger partial charge in [0.25, 0.3) is 5.91 Å². The van der Waals surface area contributed by atoms with Crippen molar-refractivity contribution in [2.24, 2.45) is 0 Å². The lowest BCUT2D eigenvalue weighted by Crippen LogP contribution is -2.44. The first kappa shape index (κ1) is 19.9. The number of halogens is 4. The van der Waals surface area contributed by atoms with Crippen LogP contribution in [0.4, 0.5) is 24.5 Å². The Kier molecular flexibility index (Phi) is 5.95. The molecule has 0 atom stereocenters. The minimum absolute atomic E-state index is 0.232. The molecule has 1 heterocycles. The zero-order chi connectivity index (χ0) is 19.6. The summed E-state index contributed by atoms with van der Waals surface area (Å²) >= 11 is 2.05. The zero-order valence-electron chi connectivity index (χ0n) is 14.7. The fraction of sp³-hybridized carbons (Fsp3) is 0.316. The van der Waals surface area contributed by atoms with Gasteiger partial charge in [-0.3, -0.25) is 4.79 Å². The molecule has 144 valence electrons. The van der Waals surface area contributed by atoms with Crippen LogP contribution in [0.5, 0.6) is 0 Å². The number of amides is 1. The van der Waals surface area contributed by atoms with Crippen molar-refractivity contribution < 1.29 is 18.0 Å². The van der Waals surface area contributed by atoms with Crippen molar-refractivity contribution in [2.45, 2.75) is 6.18 Å². The van der Waals surface area contributed by atoms with Crippen molar-refractivity contribution >= 4 is 39.9 Å². The molecule has 1 aliphatic rings. The van der Waals surface area contributed by atoms with Crippen molar-refractivity contribution in [3.05, 3.63) is 57.2 Å². The number of hydrogen-bond donors (Lipinski definition) is 1. The van der Waals surface area contributed by atoms with Crippen LogP contribution in [-0.2, 0) is 6.18 Å². The van der Waals surface area contributed by atoms with Gasteiger partial charge in [-0.15, -0.1) is 0 Å². The number of alkyl halides is 3. The van der Waals surface area contributed by atoms with Gasteiger partial charge in [0.05, 0.1) is 11.3 Å². The van der Waals surface area contributed by atoms with E-state index in [1.54, 1.807) is 24.3 Å². The third-order valence-corrected chi connectivity index (χ3v) is 5.18. The highest BCUT2D eigenvalue weighted by Gasteiger charge is 2.35. The Bertz CT molecular complexity index is 833. The predicted molar refractivity (Wildman–Crippen MR) is 108 cm³/mol. The molecule has 4 nitrogen and oxygen atoms in total. The van der Waals surface area contributed by atoms with E-state index in [4.69, 9.17) is 0 Å². The van der Waals surface area contributed by atoms with Crippen LogP contribution in [0, 0.1) is 3.57 Å². The van der Waals surface area contributed by atoms with Crippen LogP contribution >= 0.6 is 22.6 Å². The van der Waals surface area contributed by atoms with Crippen molar-refractivity contribution in [3.63, 3.8) is 0 Å². The van der Waals surface area contributed by atoms with Crippen LogP contribution in [0.3, 0.4) is 0 Å². The fourth-order valence-electron chi connectivity index (χ4n) is 2.96. The number of anilines is 2. The van der Waals surface area contributed by atoms with Crippen molar-refractivity contribution in [3.8, 4) is 0 Å². The van der Waals surface area contributed by atoms with E-state index in [0.717, 1.165) is 22.7 Å². The second-order valence-electron chi connectivity index (χ2n) is 6.48. The van der Waals surface area contributed by atoms with Gasteiger partial charge in [-0.25, -0.2) is 0 Å². The molecule has 2 aromatic rings. The standard InChI is InChI=1S/C19H19F3IN3O/c1-25-7-9-26(10-8-25)15-5-6-17(16(12-15)19(20,21)22)24-18(27)13-3-2-4-14(23)11-13/h2-6,11-12H,7-10H2,1H3,(H,24,27). The van der Waals surface area contributed by atoms with Crippen LogP contribution in [0.25, 0.3) is 0 Å². The Morgan fingerprint density at radius 3 is 2.41 bits per heavy atom. The Labute approximate surface area is 169 Å². The van der Waals surface area contributed by atoms with E-state index in [1.807, 2.05) is 18.0 Å². The van der Waals surface area contributed by atoms with Crippen LogP contribution in [0.2, 0.25) is 0 Å². The van der Waals surface area contributed by atoms with Crippen LogP contribution < -0.4 is 10.2 Å². The number of piperazine rings is 1. The van der Waals surface area contributed by atoms with E-state index in [2.05, 4.69) is 32.8 Å². The maximum atomic E-state index is 13.6. The maximum Gasteiger partial charge on any atom is 0.418 e. The molecule has 0 aliphatic carbocycles. The number of nitrogens with one attached hydrogen (secondary N) is 1. The number of likely N-dealkylation sites (N-methyl/N-ethyl adjacent to an activating group) is 1. The monoisotopic (exact) mass is 489 g/mol. The number of nitrogens with zero attached hydrogens (tertiary/aromatic N) is 2. The number of benzene rings is 2. The Hall–Kier alpha value is -1.81. The molecule has 27 heavy (non-hydrogen) atoms. The molecular formula is C19H19F3IN3O. The lowest BCUT2D eigenvalue weighted by atomic mass is 10.1. The highest BCUT2D eigenvalue weighted by atomic mass is 127. The quantitative estimate of drug-likeness (QED) is 0.653. The molecule has 0 spiro atoms. The van der Waals surface area contributed by atoms with E-state index in [0.29, 0.717) is 24.3 Å². The minimum Gasteiger partial charge on any atom is -0.369 e. The predicted octanol–water partition coefficient (Wildman–Crippen LogP) is 4.31. The van der Waals surface area contributed by atoms with E-state index in [9.17, 15) is 18.0 Å². The molecule has 0 aromatic heterocycles. The summed E-state index contributed by atoms with van der Waals surface area (Å²) in [6.07, 6.45) is -4.56. The molecule has 3 rings (SSSR count). The van der Waals surface area contributed by atoms with Crippen LogP contribution in [-0.4, -0.2) is 44.0 Å². The first-order valence-electron chi connectivity index (χ1n) is 8.46. The van der Waals surface area contributed by atoms with E-state index < -0.39 is 17.6 Å². The van der Waals surface area contributed by atoms with Crippen molar-refractivity contribution in [2.75, 3.05) is 43.4 Å². The zero-order valence-corrected chi connectivity index (χ0v) is 16.8. The van der Waals surface area contributed by atoms with E-state index in [-0.39, 0.29) is 5.69 Å². The average molecular weight is 489 g/mol. The third-order valence-electron chi connectivity index (χ3n) is 4.51. The molecule has 0 saturated carbocycles. The normalized spacial score (nSPS) is 15.7. The lowest BCUT2D eigenvalue weighted by molar-refractivity contribution is -0.136. The molecule has 1 aliphatic heterocycles. The number of carbonyl (C=O) groups is 1. The summed E-state index contributed by atoms with van der Waals surface area (Å²) in [5, 5.41) is 2.41. The number of rotatable bonds is 3. The third kappa shape index (κ3) is 4.92. The molecular weight excluding hydrogens is 470 g/mol. The molecule has 1 amide bonds. The lowest BCUT2D eigenvalue weighted by Gasteiger charge is -2.34. The van der Waals surface area contributed by atoms with E-state index in [1.165, 1.54) is 6.07 Å². The van der Waals surface area contributed by atoms with Gasteiger partial charge in [-0.05, 0) is 66.0 Å². The number of carbonyl (C=O) groups excluding carboxylic acids is 1. The molecule has 8 heteroatoms. The first-order chi connectivity index (χ1) is 12.7. The fourth-order valence-corrected chi connectivity index (χ4v) is 3.50. The van der Waals surface area contributed by atoms with Gasteiger partial charge >= 0.3 is 6.18 Å². The van der Waals surface area contributed by atoms with Gasteiger partial charge in [0.1, 0.15) is 0 Å². The van der Waals surface area contributed by atoms with Gasteiger partial charge < -0.3 is 15.1 Å². The summed E-state index contributed by atoms with van der Waals surface area (Å²) < 4.78 is 41.6. The maximum absolute atomic E-state index is 13.6. The summed E-state index contributed by atoms with van der Waals surface area (Å²) in [6, 6.07) is 10.8. The van der Waals surface area contributed by atoms with Crippen LogP contribution in [0.15, 0.2) is 42.5 Å². The molecule has 0 bridgehead atoms. The molecule has 0 unspecified atom stereocenters. The largest absolute Gasteiger partial charge is 0.418 e.